The van der Waals surface area contributed by atoms with Crippen LogP contribution in [0.5, 0.6) is 0 Å². The van der Waals surface area contributed by atoms with Crippen LogP contribution in [0.25, 0.3) is 0 Å². The fourth-order valence-electron chi connectivity index (χ4n) is 1.50. The van der Waals surface area contributed by atoms with Gasteiger partial charge in [0.25, 0.3) is 0 Å². The Hall–Kier alpha value is -1.33. The van der Waals surface area contributed by atoms with Crippen molar-refractivity contribution in [2.75, 3.05) is 20.2 Å². The van der Waals surface area contributed by atoms with E-state index in [1.807, 2.05) is 18.5 Å². The van der Waals surface area contributed by atoms with E-state index in [2.05, 4.69) is 15.0 Å². The third-order valence-corrected chi connectivity index (χ3v) is 2.54. The second kappa shape index (κ2) is 7.86. The monoisotopic (exact) mass is 240 g/mol. The first-order valence-electron chi connectivity index (χ1n) is 5.79. The van der Waals surface area contributed by atoms with Crippen molar-refractivity contribution < 1.29 is 14.6 Å². The van der Waals surface area contributed by atoms with Crippen LogP contribution in [-0.2, 0) is 16.0 Å². The van der Waals surface area contributed by atoms with E-state index in [0.29, 0.717) is 13.0 Å². The number of ether oxygens (including phenoxy) is 1. The molecule has 0 bridgehead atoms. The Kier molecular flexibility index (Phi) is 6.35. The first-order chi connectivity index (χ1) is 8.22. The Morgan fingerprint density at radius 3 is 3.12 bits per heavy atom. The quantitative estimate of drug-likeness (QED) is 0.456. The maximum atomic E-state index is 10.8. The van der Waals surface area contributed by atoms with E-state index in [4.69, 9.17) is 0 Å². The molecule has 0 spiro atoms. The summed E-state index contributed by atoms with van der Waals surface area (Å²) in [5, 5.41) is 12.7. The van der Waals surface area contributed by atoms with Gasteiger partial charge in [-0.25, -0.2) is 0 Å². The van der Waals surface area contributed by atoms with E-state index in [-0.39, 0.29) is 12.4 Å². The molecule has 0 aliphatic carbocycles. The summed E-state index contributed by atoms with van der Waals surface area (Å²) in [6.07, 6.45) is 4.96. The number of carbonyl (C=O) groups excluding carboxylic acids is 1. The number of aromatic amines is 1. The van der Waals surface area contributed by atoms with E-state index in [9.17, 15) is 9.90 Å². The predicted octanol–water partition coefficient (Wildman–Crippen LogP) is 0.461. The molecule has 96 valence electrons. The Balaban J connectivity index is 2.00. The van der Waals surface area contributed by atoms with Crippen LogP contribution < -0.4 is 5.32 Å². The Morgan fingerprint density at radius 2 is 2.47 bits per heavy atom. The maximum absolute atomic E-state index is 10.8. The number of rotatable bonds is 8. The van der Waals surface area contributed by atoms with Crippen molar-refractivity contribution in [3.8, 4) is 0 Å². The van der Waals surface area contributed by atoms with Gasteiger partial charge in [-0.2, -0.15) is 0 Å². The summed E-state index contributed by atoms with van der Waals surface area (Å²) in [5.41, 5.74) is 1.24. The number of esters is 1. The summed E-state index contributed by atoms with van der Waals surface area (Å²) in [7, 11) is 1.35. The minimum absolute atomic E-state index is 0.261. The highest BCUT2D eigenvalue weighted by molar-refractivity contribution is 5.69. The first-order valence-corrected chi connectivity index (χ1v) is 5.79. The molecule has 0 fully saturated rings. The SMILES string of the molecule is COC(=O)CCC(O)CNCCc1cc[nH]c1. The molecule has 1 rings (SSSR count). The lowest BCUT2D eigenvalue weighted by Crippen LogP contribution is -2.28. The molecule has 0 amide bonds. The molecule has 0 aromatic carbocycles. The smallest absolute Gasteiger partial charge is 0.305 e. The van der Waals surface area contributed by atoms with E-state index >= 15 is 0 Å². The first kappa shape index (κ1) is 13.7. The minimum atomic E-state index is -0.500. The second-order valence-electron chi connectivity index (χ2n) is 3.94. The zero-order valence-electron chi connectivity index (χ0n) is 10.1. The molecule has 0 saturated heterocycles. The zero-order valence-corrected chi connectivity index (χ0v) is 10.1. The van der Waals surface area contributed by atoms with E-state index < -0.39 is 6.10 Å². The number of aromatic nitrogens is 1. The van der Waals surface area contributed by atoms with Gasteiger partial charge in [0.05, 0.1) is 13.2 Å². The van der Waals surface area contributed by atoms with Crippen LogP contribution in [0.3, 0.4) is 0 Å². The van der Waals surface area contributed by atoms with Gasteiger partial charge in [-0.05, 0) is 31.0 Å². The zero-order chi connectivity index (χ0) is 12.5. The lowest BCUT2D eigenvalue weighted by Gasteiger charge is -2.10. The Labute approximate surface area is 101 Å². The van der Waals surface area contributed by atoms with Crippen molar-refractivity contribution >= 4 is 5.97 Å². The average Bonchev–Trinajstić information content (AvgIpc) is 2.84. The summed E-state index contributed by atoms with van der Waals surface area (Å²) in [4.78, 5) is 13.8. The third kappa shape index (κ3) is 6.09. The third-order valence-electron chi connectivity index (χ3n) is 2.54. The summed E-state index contributed by atoms with van der Waals surface area (Å²) < 4.78 is 4.50. The van der Waals surface area contributed by atoms with E-state index in [0.717, 1.165) is 13.0 Å². The molecular formula is C12H20N2O3. The highest BCUT2D eigenvalue weighted by Gasteiger charge is 2.07. The van der Waals surface area contributed by atoms with Crippen molar-refractivity contribution in [1.29, 1.82) is 0 Å². The lowest BCUT2D eigenvalue weighted by molar-refractivity contribution is -0.141. The van der Waals surface area contributed by atoms with Gasteiger partial charge in [0.2, 0.25) is 0 Å². The van der Waals surface area contributed by atoms with Gasteiger partial charge in [0.1, 0.15) is 0 Å². The summed E-state index contributed by atoms with van der Waals surface area (Å²) in [6, 6.07) is 2.02. The normalized spacial score (nSPS) is 12.4. The van der Waals surface area contributed by atoms with Crippen molar-refractivity contribution in [3.63, 3.8) is 0 Å². The van der Waals surface area contributed by atoms with Crippen LogP contribution in [0.1, 0.15) is 18.4 Å². The molecule has 1 aromatic heterocycles. The van der Waals surface area contributed by atoms with Crippen LogP contribution in [0.15, 0.2) is 18.5 Å². The molecule has 5 nitrogen and oxygen atoms in total. The number of methoxy groups -OCH3 is 1. The van der Waals surface area contributed by atoms with Gasteiger partial charge in [-0.1, -0.05) is 0 Å². The molecule has 17 heavy (non-hydrogen) atoms. The number of carbonyl (C=O) groups is 1. The van der Waals surface area contributed by atoms with E-state index in [1.165, 1.54) is 12.7 Å². The van der Waals surface area contributed by atoms with Gasteiger partial charge in [-0.15, -0.1) is 0 Å². The molecule has 1 atom stereocenters. The summed E-state index contributed by atoms with van der Waals surface area (Å²) in [5.74, 6) is -0.281. The van der Waals surface area contributed by atoms with Gasteiger partial charge >= 0.3 is 5.97 Å². The number of H-pyrrole nitrogens is 1. The van der Waals surface area contributed by atoms with Gasteiger partial charge in [0, 0.05) is 25.4 Å². The molecule has 5 heteroatoms. The molecule has 1 heterocycles. The second-order valence-corrected chi connectivity index (χ2v) is 3.94. The largest absolute Gasteiger partial charge is 0.469 e. The standard InChI is InChI=1S/C12H20N2O3/c1-17-12(16)3-2-11(15)9-14-7-5-10-4-6-13-8-10/h4,6,8,11,13-15H,2-3,5,7,9H2,1H3. The van der Waals surface area contributed by atoms with Crippen molar-refractivity contribution in [2.24, 2.45) is 0 Å². The van der Waals surface area contributed by atoms with Crippen LogP contribution in [-0.4, -0.2) is 42.4 Å². The number of aliphatic hydroxyl groups is 1. The molecule has 0 saturated carbocycles. The van der Waals surface area contributed by atoms with E-state index in [1.54, 1.807) is 0 Å². The molecule has 0 aliphatic heterocycles. The molecule has 0 aliphatic rings. The summed E-state index contributed by atoms with van der Waals surface area (Å²) in [6.45, 7) is 1.31. The molecular weight excluding hydrogens is 220 g/mol. The van der Waals surface area contributed by atoms with Gasteiger partial charge in [-0.3, -0.25) is 4.79 Å². The lowest BCUT2D eigenvalue weighted by atomic mass is 10.2. The Morgan fingerprint density at radius 1 is 1.65 bits per heavy atom. The number of aliphatic hydroxyl groups excluding tert-OH is 1. The molecule has 0 radical (unpaired) electrons. The average molecular weight is 240 g/mol. The molecule has 3 N–H and O–H groups in total. The number of nitrogens with one attached hydrogen (secondary N) is 2. The van der Waals surface area contributed by atoms with Crippen LogP contribution >= 0.6 is 0 Å². The van der Waals surface area contributed by atoms with Gasteiger partial charge < -0.3 is 20.1 Å². The maximum Gasteiger partial charge on any atom is 0.305 e. The van der Waals surface area contributed by atoms with Crippen molar-refractivity contribution in [3.05, 3.63) is 24.0 Å². The Bertz CT molecular complexity index is 312. The topological polar surface area (TPSA) is 74.3 Å². The highest BCUT2D eigenvalue weighted by atomic mass is 16.5. The van der Waals surface area contributed by atoms with Crippen molar-refractivity contribution in [2.45, 2.75) is 25.4 Å². The van der Waals surface area contributed by atoms with Gasteiger partial charge in [0.15, 0.2) is 0 Å². The fraction of sp³-hybridized carbons (Fsp3) is 0.583. The highest BCUT2D eigenvalue weighted by Crippen LogP contribution is 1.99. The number of hydrogen-bond donors (Lipinski definition) is 3. The molecule has 1 unspecified atom stereocenters. The molecule has 1 aromatic rings. The van der Waals surface area contributed by atoms with Crippen LogP contribution in [0.4, 0.5) is 0 Å². The van der Waals surface area contributed by atoms with Crippen LogP contribution in [0.2, 0.25) is 0 Å². The minimum Gasteiger partial charge on any atom is -0.469 e. The summed E-state index contributed by atoms with van der Waals surface area (Å²) >= 11 is 0. The van der Waals surface area contributed by atoms with Crippen LogP contribution in [0, 0.1) is 0 Å². The predicted molar refractivity (Wildman–Crippen MR) is 64.6 cm³/mol. The van der Waals surface area contributed by atoms with Crippen molar-refractivity contribution in [1.82, 2.24) is 10.3 Å². The fourth-order valence-corrected chi connectivity index (χ4v) is 1.50. The number of hydrogen-bond acceptors (Lipinski definition) is 4.